The van der Waals surface area contributed by atoms with Crippen LogP contribution in [0.3, 0.4) is 0 Å². The molecule has 0 spiro atoms. The summed E-state index contributed by atoms with van der Waals surface area (Å²) in [5.74, 6) is -2.05. The van der Waals surface area contributed by atoms with Gasteiger partial charge in [0, 0.05) is 0 Å². The Morgan fingerprint density at radius 2 is 1.78 bits per heavy atom. The molecule has 1 atom stereocenters. The van der Waals surface area contributed by atoms with Crippen molar-refractivity contribution in [3.8, 4) is 0 Å². The number of aliphatic hydroxyl groups is 1. The highest BCUT2D eigenvalue weighted by molar-refractivity contribution is 5.75. The molecule has 1 aromatic carbocycles. The van der Waals surface area contributed by atoms with Crippen LogP contribution in [0.2, 0.25) is 0 Å². The highest BCUT2D eigenvalue weighted by Gasteiger charge is 2.34. The number of hydrogen-bond acceptors (Lipinski definition) is 2. The third-order valence-corrected chi connectivity index (χ3v) is 2.37. The van der Waals surface area contributed by atoms with Gasteiger partial charge in [-0.1, -0.05) is 0 Å². The van der Waals surface area contributed by atoms with Crippen molar-refractivity contribution in [1.29, 1.82) is 0 Å². The van der Waals surface area contributed by atoms with Gasteiger partial charge in [0.1, 0.15) is 5.82 Å². The van der Waals surface area contributed by atoms with E-state index in [9.17, 15) is 27.5 Å². The lowest BCUT2D eigenvalue weighted by Crippen LogP contribution is -2.29. The quantitative estimate of drug-likeness (QED) is 0.820. The number of carbonyl (C=O) groups is 1. The van der Waals surface area contributed by atoms with Crippen molar-refractivity contribution in [2.75, 3.05) is 0 Å². The number of alkyl halides is 3. The monoisotopic (exact) mass is 265 g/mol. The summed E-state index contributed by atoms with van der Waals surface area (Å²) in [6.07, 6.45) is -5.34. The molecule has 0 saturated heterocycles. The highest BCUT2D eigenvalue weighted by Crippen LogP contribution is 2.33. The van der Waals surface area contributed by atoms with Crippen LogP contribution in [0.25, 0.3) is 0 Å². The lowest BCUT2D eigenvalue weighted by molar-refractivity contribution is -0.137. The first-order chi connectivity index (χ1) is 8.02. The van der Waals surface area contributed by atoms with E-state index >= 15 is 0 Å². The number of amides is 1. The summed E-state index contributed by atoms with van der Waals surface area (Å²) in [6, 6.07) is 1.63. The lowest BCUT2D eigenvalue weighted by atomic mass is 9.91. The number of hydrogen-bond donors (Lipinski definition) is 2. The van der Waals surface area contributed by atoms with Gasteiger partial charge in [0.05, 0.1) is 17.6 Å². The van der Waals surface area contributed by atoms with Gasteiger partial charge < -0.3 is 10.8 Å². The zero-order valence-corrected chi connectivity index (χ0v) is 9.38. The summed E-state index contributed by atoms with van der Waals surface area (Å²) >= 11 is 0. The molecule has 0 saturated carbocycles. The Balaban J connectivity index is 3.25. The first-order valence-electron chi connectivity index (χ1n) is 4.91. The Hall–Kier alpha value is -1.63. The maximum absolute atomic E-state index is 13.1. The van der Waals surface area contributed by atoms with Gasteiger partial charge in [-0.2, -0.15) is 13.2 Å². The molecule has 0 aliphatic carbocycles. The van der Waals surface area contributed by atoms with Gasteiger partial charge in [-0.25, -0.2) is 4.39 Å². The Bertz CT molecular complexity index is 469. The van der Waals surface area contributed by atoms with E-state index < -0.39 is 35.5 Å². The minimum atomic E-state index is -4.74. The molecule has 1 aromatic rings. The smallest absolute Gasteiger partial charge is 0.385 e. The van der Waals surface area contributed by atoms with Gasteiger partial charge >= 0.3 is 6.18 Å². The van der Waals surface area contributed by atoms with Crippen LogP contribution in [0.4, 0.5) is 17.6 Å². The molecule has 1 rings (SSSR count). The van der Waals surface area contributed by atoms with Crippen molar-refractivity contribution >= 4 is 5.91 Å². The number of carbonyl (C=O) groups excluding carboxylic acids is 1. The van der Waals surface area contributed by atoms with Crippen LogP contribution in [0, 0.1) is 5.82 Å². The van der Waals surface area contributed by atoms with E-state index in [1.807, 2.05) is 0 Å². The van der Waals surface area contributed by atoms with Crippen molar-refractivity contribution < 1.29 is 27.5 Å². The van der Waals surface area contributed by atoms with Crippen LogP contribution in [0.1, 0.15) is 24.5 Å². The predicted octanol–water partition coefficient (Wildman–Crippen LogP) is 1.93. The molecule has 3 N–H and O–H groups in total. The molecular weight excluding hydrogens is 254 g/mol. The van der Waals surface area contributed by atoms with Crippen molar-refractivity contribution in [3.63, 3.8) is 0 Å². The number of nitrogens with two attached hydrogens (primary N) is 1. The fraction of sp³-hybridized carbons (Fsp3) is 0.364. The molecule has 0 aromatic heterocycles. The van der Waals surface area contributed by atoms with E-state index in [4.69, 9.17) is 5.73 Å². The molecule has 7 heteroatoms. The average molecular weight is 265 g/mol. The second kappa shape index (κ2) is 4.56. The first kappa shape index (κ1) is 14.4. The second-order valence-corrected chi connectivity index (χ2v) is 4.14. The number of rotatable bonds is 3. The zero-order valence-electron chi connectivity index (χ0n) is 9.38. The van der Waals surface area contributed by atoms with E-state index in [2.05, 4.69) is 0 Å². The van der Waals surface area contributed by atoms with Gasteiger partial charge in [-0.3, -0.25) is 4.79 Å². The normalized spacial score (nSPS) is 15.2. The van der Waals surface area contributed by atoms with Gasteiger partial charge in [0.25, 0.3) is 0 Å². The summed E-state index contributed by atoms with van der Waals surface area (Å²) in [4.78, 5) is 10.7. The van der Waals surface area contributed by atoms with E-state index in [0.29, 0.717) is 12.1 Å². The zero-order chi connectivity index (χ0) is 14.1. The SMILES string of the molecule is CC(O)(CC(N)=O)c1cc(F)cc(C(F)(F)F)c1. The minimum Gasteiger partial charge on any atom is -0.385 e. The van der Waals surface area contributed by atoms with Crippen LogP contribution < -0.4 is 5.73 Å². The molecule has 18 heavy (non-hydrogen) atoms. The molecule has 100 valence electrons. The van der Waals surface area contributed by atoms with Crippen molar-refractivity contribution in [2.24, 2.45) is 5.73 Å². The Morgan fingerprint density at radius 1 is 1.28 bits per heavy atom. The van der Waals surface area contributed by atoms with E-state index in [0.717, 1.165) is 13.0 Å². The first-order valence-corrected chi connectivity index (χ1v) is 4.91. The molecule has 0 bridgehead atoms. The molecule has 1 amide bonds. The molecule has 0 fully saturated rings. The molecule has 0 radical (unpaired) electrons. The summed E-state index contributed by atoms with van der Waals surface area (Å²) in [7, 11) is 0. The predicted molar refractivity (Wildman–Crippen MR) is 54.8 cm³/mol. The fourth-order valence-electron chi connectivity index (χ4n) is 1.51. The molecule has 3 nitrogen and oxygen atoms in total. The van der Waals surface area contributed by atoms with Crippen LogP contribution in [0.5, 0.6) is 0 Å². The Morgan fingerprint density at radius 3 is 2.22 bits per heavy atom. The van der Waals surface area contributed by atoms with Crippen LogP contribution in [-0.2, 0) is 16.6 Å². The summed E-state index contributed by atoms with van der Waals surface area (Å²) < 4.78 is 50.5. The molecule has 1 unspecified atom stereocenters. The highest BCUT2D eigenvalue weighted by atomic mass is 19.4. The Labute approximate surface area is 100 Å². The molecule has 0 aliphatic rings. The number of benzene rings is 1. The average Bonchev–Trinajstić information content (AvgIpc) is 2.13. The van der Waals surface area contributed by atoms with E-state index in [-0.39, 0.29) is 5.56 Å². The topological polar surface area (TPSA) is 63.3 Å². The second-order valence-electron chi connectivity index (χ2n) is 4.14. The van der Waals surface area contributed by atoms with Crippen LogP contribution in [-0.4, -0.2) is 11.0 Å². The van der Waals surface area contributed by atoms with Crippen molar-refractivity contribution in [2.45, 2.75) is 25.1 Å². The van der Waals surface area contributed by atoms with E-state index in [1.165, 1.54) is 0 Å². The maximum Gasteiger partial charge on any atom is 0.416 e. The molecular formula is C11H11F4NO2. The standard InChI is InChI=1S/C11H11F4NO2/c1-10(18,5-9(16)17)6-2-7(11(13,14)15)4-8(12)3-6/h2-4,18H,5H2,1H3,(H2,16,17). The largest absolute Gasteiger partial charge is 0.416 e. The lowest BCUT2D eigenvalue weighted by Gasteiger charge is -2.23. The minimum absolute atomic E-state index is 0.309. The summed E-state index contributed by atoms with van der Waals surface area (Å²) in [5, 5.41) is 9.84. The number of halogens is 4. The van der Waals surface area contributed by atoms with E-state index in [1.54, 1.807) is 0 Å². The fourth-order valence-corrected chi connectivity index (χ4v) is 1.51. The van der Waals surface area contributed by atoms with Gasteiger partial charge in [-0.05, 0) is 30.7 Å². The van der Waals surface area contributed by atoms with Crippen LogP contribution in [0.15, 0.2) is 18.2 Å². The van der Waals surface area contributed by atoms with Crippen LogP contribution >= 0.6 is 0 Å². The summed E-state index contributed by atoms with van der Waals surface area (Å²) in [6.45, 7) is 1.09. The number of primary amides is 1. The van der Waals surface area contributed by atoms with Crippen molar-refractivity contribution in [3.05, 3.63) is 35.1 Å². The molecule has 0 heterocycles. The van der Waals surface area contributed by atoms with Gasteiger partial charge in [-0.15, -0.1) is 0 Å². The van der Waals surface area contributed by atoms with Crippen molar-refractivity contribution in [1.82, 2.24) is 0 Å². The van der Waals surface area contributed by atoms with Gasteiger partial charge in [0.2, 0.25) is 5.91 Å². The third-order valence-electron chi connectivity index (χ3n) is 2.37. The van der Waals surface area contributed by atoms with Gasteiger partial charge in [0.15, 0.2) is 0 Å². The summed E-state index contributed by atoms with van der Waals surface area (Å²) in [5.41, 5.74) is 1.33. The maximum atomic E-state index is 13.1. The Kier molecular flexibility index (Phi) is 3.66. The molecule has 0 aliphatic heterocycles. The third kappa shape index (κ3) is 3.43.